The first-order valence-electron chi connectivity index (χ1n) is 6.93. The second-order valence-corrected chi connectivity index (χ2v) is 7.73. The van der Waals surface area contributed by atoms with E-state index in [9.17, 15) is 8.42 Å². The normalized spacial score (nSPS) is 12.7. The first kappa shape index (κ1) is 17.7. The van der Waals surface area contributed by atoms with Crippen LogP contribution in [0.4, 0.5) is 0 Å². The van der Waals surface area contributed by atoms with Crippen LogP contribution in [0.3, 0.4) is 0 Å². The van der Waals surface area contributed by atoms with Crippen LogP contribution in [0.2, 0.25) is 0 Å². The SMILES string of the molecule is CCC(CC)(CBr)CNS(=O)(=O)c1ccc(C)cc1C. The van der Waals surface area contributed by atoms with E-state index in [2.05, 4.69) is 34.5 Å². The molecule has 0 aromatic heterocycles. The van der Waals surface area contributed by atoms with E-state index >= 15 is 0 Å². The molecule has 5 heteroatoms. The third-order valence-corrected chi connectivity index (χ3v) is 6.79. The van der Waals surface area contributed by atoms with Gasteiger partial charge in [0, 0.05) is 11.9 Å². The van der Waals surface area contributed by atoms with Crippen LogP contribution in [-0.4, -0.2) is 20.3 Å². The summed E-state index contributed by atoms with van der Waals surface area (Å²) in [4.78, 5) is 0.374. The van der Waals surface area contributed by atoms with Crippen LogP contribution in [0.15, 0.2) is 23.1 Å². The van der Waals surface area contributed by atoms with Crippen LogP contribution in [0.25, 0.3) is 0 Å². The first-order chi connectivity index (χ1) is 9.30. The third-order valence-electron chi connectivity index (χ3n) is 4.04. The number of hydrogen-bond acceptors (Lipinski definition) is 2. The van der Waals surface area contributed by atoms with Gasteiger partial charge in [-0.1, -0.05) is 47.5 Å². The van der Waals surface area contributed by atoms with Crippen molar-refractivity contribution in [3.8, 4) is 0 Å². The maximum Gasteiger partial charge on any atom is 0.240 e. The van der Waals surface area contributed by atoms with Crippen molar-refractivity contribution in [1.82, 2.24) is 4.72 Å². The molecule has 0 aliphatic heterocycles. The molecule has 0 aliphatic carbocycles. The van der Waals surface area contributed by atoms with Gasteiger partial charge in [0.2, 0.25) is 10.0 Å². The minimum Gasteiger partial charge on any atom is -0.211 e. The Labute approximate surface area is 131 Å². The Bertz CT molecular complexity index is 543. The van der Waals surface area contributed by atoms with Crippen molar-refractivity contribution >= 4 is 26.0 Å². The second kappa shape index (κ2) is 7.05. The largest absolute Gasteiger partial charge is 0.240 e. The summed E-state index contributed by atoms with van der Waals surface area (Å²) in [5.41, 5.74) is 1.83. The fourth-order valence-corrected chi connectivity index (χ4v) is 4.54. The number of benzene rings is 1. The third kappa shape index (κ3) is 4.06. The number of hydrogen-bond donors (Lipinski definition) is 1. The van der Waals surface area contributed by atoms with Crippen molar-refractivity contribution in [3.05, 3.63) is 29.3 Å². The lowest BCUT2D eigenvalue weighted by atomic mass is 9.85. The lowest BCUT2D eigenvalue weighted by molar-refractivity contribution is 0.309. The number of halogens is 1. The molecule has 0 aliphatic rings. The molecule has 0 atom stereocenters. The van der Waals surface area contributed by atoms with Gasteiger partial charge >= 0.3 is 0 Å². The number of sulfonamides is 1. The van der Waals surface area contributed by atoms with Crippen molar-refractivity contribution in [2.45, 2.75) is 45.4 Å². The Hall–Kier alpha value is -0.390. The molecule has 0 spiro atoms. The van der Waals surface area contributed by atoms with Gasteiger partial charge in [-0.15, -0.1) is 0 Å². The van der Waals surface area contributed by atoms with E-state index in [0.29, 0.717) is 11.4 Å². The molecule has 0 bridgehead atoms. The Morgan fingerprint density at radius 1 is 1.20 bits per heavy atom. The molecule has 1 rings (SSSR count). The zero-order valence-corrected chi connectivity index (χ0v) is 15.1. The molecule has 0 saturated carbocycles. The van der Waals surface area contributed by atoms with E-state index in [4.69, 9.17) is 0 Å². The quantitative estimate of drug-likeness (QED) is 0.751. The number of aryl methyl sites for hydroxylation is 2. The maximum atomic E-state index is 12.4. The Kier molecular flexibility index (Phi) is 6.23. The van der Waals surface area contributed by atoms with Gasteiger partial charge in [0.1, 0.15) is 0 Å². The molecule has 1 aromatic rings. The molecule has 0 unspecified atom stereocenters. The first-order valence-corrected chi connectivity index (χ1v) is 9.53. The van der Waals surface area contributed by atoms with Gasteiger partial charge < -0.3 is 0 Å². The average molecular weight is 362 g/mol. The molecule has 0 radical (unpaired) electrons. The summed E-state index contributed by atoms with van der Waals surface area (Å²) in [7, 11) is -3.44. The Morgan fingerprint density at radius 3 is 2.25 bits per heavy atom. The molecule has 1 N–H and O–H groups in total. The van der Waals surface area contributed by atoms with Crippen molar-refractivity contribution < 1.29 is 8.42 Å². The minimum absolute atomic E-state index is 0.0222. The summed E-state index contributed by atoms with van der Waals surface area (Å²) >= 11 is 3.51. The Balaban J connectivity index is 2.96. The monoisotopic (exact) mass is 361 g/mol. The lowest BCUT2D eigenvalue weighted by Gasteiger charge is -2.29. The summed E-state index contributed by atoms with van der Waals surface area (Å²) < 4.78 is 27.6. The summed E-state index contributed by atoms with van der Waals surface area (Å²) in [6.07, 6.45) is 1.87. The van der Waals surface area contributed by atoms with Gasteiger partial charge in [-0.3, -0.25) is 0 Å². The summed E-state index contributed by atoms with van der Waals surface area (Å²) in [6.45, 7) is 8.44. The molecular formula is C15H24BrNO2S. The van der Waals surface area contributed by atoms with Gasteiger partial charge in [0.15, 0.2) is 0 Å². The number of rotatable bonds is 7. The van der Waals surface area contributed by atoms with E-state index < -0.39 is 10.0 Å². The highest BCUT2D eigenvalue weighted by atomic mass is 79.9. The van der Waals surface area contributed by atoms with Crippen molar-refractivity contribution in [2.24, 2.45) is 5.41 Å². The predicted octanol–water partition coefficient (Wildman–Crippen LogP) is 3.78. The molecule has 0 saturated heterocycles. The highest BCUT2D eigenvalue weighted by molar-refractivity contribution is 9.09. The van der Waals surface area contributed by atoms with Crippen molar-refractivity contribution in [2.75, 3.05) is 11.9 Å². The van der Waals surface area contributed by atoms with Gasteiger partial charge in [0.05, 0.1) is 4.90 Å². The fourth-order valence-electron chi connectivity index (χ4n) is 2.16. The molecular weight excluding hydrogens is 338 g/mol. The zero-order valence-electron chi connectivity index (χ0n) is 12.7. The molecule has 114 valence electrons. The van der Waals surface area contributed by atoms with Gasteiger partial charge in [-0.05, 0) is 43.7 Å². The molecule has 0 fully saturated rings. The summed E-state index contributed by atoms with van der Waals surface area (Å²) in [5.74, 6) is 0. The van der Waals surface area contributed by atoms with Crippen LogP contribution in [0, 0.1) is 19.3 Å². The van der Waals surface area contributed by atoms with E-state index in [1.165, 1.54) is 0 Å². The molecule has 20 heavy (non-hydrogen) atoms. The second-order valence-electron chi connectivity index (χ2n) is 5.43. The molecule has 1 aromatic carbocycles. The van der Waals surface area contributed by atoms with Crippen molar-refractivity contribution in [1.29, 1.82) is 0 Å². The van der Waals surface area contributed by atoms with E-state index in [0.717, 1.165) is 29.3 Å². The fraction of sp³-hybridized carbons (Fsp3) is 0.600. The highest BCUT2D eigenvalue weighted by Crippen LogP contribution is 2.28. The zero-order chi connectivity index (χ0) is 15.4. The maximum absolute atomic E-state index is 12.4. The topological polar surface area (TPSA) is 46.2 Å². The van der Waals surface area contributed by atoms with Crippen LogP contribution in [-0.2, 0) is 10.0 Å². The van der Waals surface area contributed by atoms with E-state index in [1.807, 2.05) is 26.0 Å². The summed E-state index contributed by atoms with van der Waals surface area (Å²) in [5, 5.41) is 0.794. The van der Waals surface area contributed by atoms with Gasteiger partial charge in [-0.2, -0.15) is 0 Å². The molecule has 0 heterocycles. The van der Waals surface area contributed by atoms with Crippen LogP contribution >= 0.6 is 15.9 Å². The average Bonchev–Trinajstić information content (AvgIpc) is 2.40. The van der Waals surface area contributed by atoms with Crippen LogP contribution < -0.4 is 4.72 Å². The van der Waals surface area contributed by atoms with Gasteiger partial charge in [0.25, 0.3) is 0 Å². The lowest BCUT2D eigenvalue weighted by Crippen LogP contribution is -2.38. The Morgan fingerprint density at radius 2 is 1.80 bits per heavy atom. The number of nitrogens with one attached hydrogen (secondary N) is 1. The van der Waals surface area contributed by atoms with Crippen LogP contribution in [0.1, 0.15) is 37.8 Å². The predicted molar refractivity (Wildman–Crippen MR) is 87.9 cm³/mol. The number of alkyl halides is 1. The van der Waals surface area contributed by atoms with Crippen molar-refractivity contribution in [3.63, 3.8) is 0 Å². The smallest absolute Gasteiger partial charge is 0.211 e. The molecule has 0 amide bonds. The standard InChI is InChI=1S/C15H24BrNO2S/c1-5-15(6-2,10-16)11-17-20(18,19)14-8-7-12(3)9-13(14)4/h7-9,17H,5-6,10-11H2,1-4H3. The van der Waals surface area contributed by atoms with Gasteiger partial charge in [-0.25, -0.2) is 13.1 Å². The van der Waals surface area contributed by atoms with E-state index in [-0.39, 0.29) is 5.41 Å². The van der Waals surface area contributed by atoms with Crippen LogP contribution in [0.5, 0.6) is 0 Å². The summed E-state index contributed by atoms with van der Waals surface area (Å²) in [6, 6.07) is 5.41. The van der Waals surface area contributed by atoms with E-state index in [1.54, 1.807) is 6.07 Å². The highest BCUT2D eigenvalue weighted by Gasteiger charge is 2.27. The molecule has 3 nitrogen and oxygen atoms in total. The minimum atomic E-state index is -3.44.